The fourth-order valence-electron chi connectivity index (χ4n) is 0. The Balaban J connectivity index is 2.73. The molecule has 4 heavy (non-hydrogen) atoms. The van der Waals surface area contributed by atoms with Crippen molar-refractivity contribution >= 4 is 14.7 Å². The molecular weight excluding hydrogens is 67.0 g/mol. The zero-order valence-electron chi connectivity index (χ0n) is 2.44. The average molecular weight is 73.1 g/mol. The Morgan fingerprint density at radius 1 is 1.75 bits per heavy atom. The van der Waals surface area contributed by atoms with Gasteiger partial charge in [0.15, 0.2) is 0 Å². The molecular formula is C3H6P+. The molecule has 0 spiro atoms. The summed E-state index contributed by atoms with van der Waals surface area (Å²) in [4.78, 5) is 0. The third kappa shape index (κ3) is 1.91. The van der Waals surface area contributed by atoms with Gasteiger partial charge in [-0.2, -0.15) is 0 Å². The summed E-state index contributed by atoms with van der Waals surface area (Å²) in [6, 6.07) is 0. The van der Waals surface area contributed by atoms with Crippen LogP contribution in [0.4, 0.5) is 0 Å². The van der Waals surface area contributed by atoms with Crippen LogP contribution >= 0.6 is 8.86 Å². The van der Waals surface area contributed by atoms with Crippen molar-refractivity contribution in [1.82, 2.24) is 0 Å². The van der Waals surface area contributed by atoms with Crippen molar-refractivity contribution in [3.05, 3.63) is 12.7 Å². The van der Waals surface area contributed by atoms with Gasteiger partial charge in [-0.25, -0.2) is 0 Å². The van der Waals surface area contributed by atoms with Crippen LogP contribution in [-0.4, -0.2) is 5.80 Å². The summed E-state index contributed by atoms with van der Waals surface area (Å²) in [5.74, 6) is 1.81. The van der Waals surface area contributed by atoms with E-state index in [0.29, 0.717) is 0 Å². The van der Waals surface area contributed by atoms with Crippen LogP contribution in [0.3, 0.4) is 0 Å². The lowest BCUT2D eigenvalue weighted by molar-refractivity contribution is 2.56. The maximum atomic E-state index is 3.40. The smallest absolute Gasteiger partial charge is 0.0953 e. The number of hydrogen-bond donors (Lipinski definition) is 0. The zero-order valence-corrected chi connectivity index (χ0v) is 3.59. The van der Waals surface area contributed by atoms with E-state index in [0.717, 1.165) is 0 Å². The summed E-state index contributed by atoms with van der Waals surface area (Å²) < 4.78 is 0. The SMILES string of the molecule is C=CC=[PH2+]. The summed E-state index contributed by atoms with van der Waals surface area (Å²) in [6.45, 7) is 3.40. The van der Waals surface area contributed by atoms with Gasteiger partial charge in [0.25, 0.3) is 0 Å². The van der Waals surface area contributed by atoms with E-state index in [1.807, 2.05) is 0 Å². The molecule has 0 aliphatic carbocycles. The minimum Gasteiger partial charge on any atom is -0.0953 e. The van der Waals surface area contributed by atoms with Gasteiger partial charge < -0.3 is 0 Å². The number of allylic oxidation sites excluding steroid dienone is 1. The van der Waals surface area contributed by atoms with Crippen molar-refractivity contribution in [3.8, 4) is 0 Å². The van der Waals surface area contributed by atoms with Gasteiger partial charge >= 0.3 is 0 Å². The average Bonchev–Trinajstić information content (AvgIpc) is 1.37. The van der Waals surface area contributed by atoms with Crippen molar-refractivity contribution in [2.45, 2.75) is 0 Å². The Kier molecular flexibility index (Phi) is 2.84. The summed E-state index contributed by atoms with van der Waals surface area (Å²) in [5, 5.41) is 0. The van der Waals surface area contributed by atoms with E-state index in [1.54, 1.807) is 11.9 Å². The van der Waals surface area contributed by atoms with E-state index in [2.05, 4.69) is 15.4 Å². The van der Waals surface area contributed by atoms with E-state index in [1.165, 1.54) is 0 Å². The van der Waals surface area contributed by atoms with E-state index >= 15 is 0 Å². The first-order valence-corrected chi connectivity index (χ1v) is 1.74. The van der Waals surface area contributed by atoms with Gasteiger partial charge in [0.1, 0.15) is 5.80 Å². The van der Waals surface area contributed by atoms with Crippen molar-refractivity contribution in [1.29, 1.82) is 0 Å². The highest BCUT2D eigenvalue weighted by Gasteiger charge is 1.40. The first kappa shape index (κ1) is 3.91. The highest BCUT2D eigenvalue weighted by molar-refractivity contribution is 7.18. The molecule has 0 aromatic carbocycles. The molecule has 0 amide bonds. The minimum absolute atomic E-state index is 1.71. The number of rotatable bonds is 1. The molecule has 0 N–H and O–H groups in total. The molecule has 1 atom stereocenters. The first-order chi connectivity index (χ1) is 1.91. The molecule has 0 saturated carbocycles. The Morgan fingerprint density at radius 2 is 2.00 bits per heavy atom. The van der Waals surface area contributed by atoms with Gasteiger partial charge in [-0.05, 0) is 6.08 Å². The van der Waals surface area contributed by atoms with Crippen molar-refractivity contribution in [2.24, 2.45) is 0 Å². The molecule has 0 fully saturated rings. The van der Waals surface area contributed by atoms with Gasteiger partial charge in [-0.1, -0.05) is 6.58 Å². The molecule has 0 aromatic rings. The van der Waals surface area contributed by atoms with E-state index in [9.17, 15) is 0 Å². The highest BCUT2D eigenvalue weighted by atomic mass is 31.0. The largest absolute Gasteiger partial charge is 0.102 e. The second-order valence-electron chi connectivity index (χ2n) is 0.428. The fourth-order valence-corrected chi connectivity index (χ4v) is 0. The van der Waals surface area contributed by atoms with Crippen LogP contribution in [0.1, 0.15) is 0 Å². The lowest BCUT2D eigenvalue weighted by Gasteiger charge is -1.34. The first-order valence-electron chi connectivity index (χ1n) is 1.07. The predicted molar refractivity (Wildman–Crippen MR) is 26.0 cm³/mol. The quantitative estimate of drug-likeness (QED) is 0.403. The van der Waals surface area contributed by atoms with Crippen molar-refractivity contribution < 1.29 is 0 Å². The second kappa shape index (κ2) is 2.91. The van der Waals surface area contributed by atoms with Crippen LogP contribution in [0.5, 0.6) is 0 Å². The summed E-state index contributed by atoms with van der Waals surface area (Å²) >= 11 is 0. The lowest BCUT2D eigenvalue weighted by atomic mass is 10.8. The molecule has 1 heteroatoms. The second-order valence-corrected chi connectivity index (χ2v) is 0.813. The van der Waals surface area contributed by atoms with Crippen LogP contribution in [0.2, 0.25) is 0 Å². The maximum absolute atomic E-state index is 3.40. The maximum Gasteiger partial charge on any atom is 0.102 e. The molecule has 0 nitrogen and oxygen atoms in total. The molecule has 22 valence electrons. The zero-order chi connectivity index (χ0) is 3.41. The van der Waals surface area contributed by atoms with Crippen LogP contribution in [0.15, 0.2) is 12.7 Å². The predicted octanol–water partition coefficient (Wildman–Crippen LogP) is 0.850. The molecule has 1 unspecified atom stereocenters. The molecule has 0 heterocycles. The molecule has 0 rings (SSSR count). The third-order valence-electron chi connectivity index (χ3n) is 0.136. The van der Waals surface area contributed by atoms with Crippen molar-refractivity contribution in [3.63, 3.8) is 0 Å². The summed E-state index contributed by atoms with van der Waals surface area (Å²) in [6.07, 6.45) is 1.71. The van der Waals surface area contributed by atoms with Gasteiger partial charge in [0.05, 0.1) is 8.86 Å². The molecule has 0 saturated heterocycles. The lowest BCUT2D eigenvalue weighted by Crippen LogP contribution is -1.35. The summed E-state index contributed by atoms with van der Waals surface area (Å²) in [7, 11) is 2.41. The van der Waals surface area contributed by atoms with E-state index < -0.39 is 0 Å². The molecule has 0 aromatic heterocycles. The molecule has 0 aliphatic heterocycles. The van der Waals surface area contributed by atoms with Gasteiger partial charge in [-0.3, -0.25) is 0 Å². The molecule has 0 radical (unpaired) electrons. The Bertz CT molecular complexity index is 24.3. The Morgan fingerprint density at radius 3 is 2.00 bits per heavy atom. The molecule has 0 aliphatic rings. The standard InChI is InChI=1S/C3H5P/c1-2-3-4/h2-4H,1H2/p+1. The topological polar surface area (TPSA) is 0 Å². The third-order valence-corrected chi connectivity index (χ3v) is 0.408. The van der Waals surface area contributed by atoms with Crippen LogP contribution in [-0.2, 0) is 0 Å². The normalized spacial score (nSPS) is 5.00. The van der Waals surface area contributed by atoms with Crippen LogP contribution in [0.25, 0.3) is 0 Å². The summed E-state index contributed by atoms with van der Waals surface area (Å²) in [5.41, 5.74) is 0. The Labute approximate surface area is 28.4 Å². The number of hydrogen-bond acceptors (Lipinski definition) is 0. The van der Waals surface area contributed by atoms with Crippen LogP contribution < -0.4 is 0 Å². The fraction of sp³-hybridized carbons (Fsp3) is 0. The Hall–Kier alpha value is -0.0900. The van der Waals surface area contributed by atoms with Crippen LogP contribution in [0, 0.1) is 0 Å². The van der Waals surface area contributed by atoms with E-state index in [4.69, 9.17) is 0 Å². The highest BCUT2D eigenvalue weighted by Crippen LogP contribution is 1.51. The molecule has 0 bridgehead atoms. The van der Waals surface area contributed by atoms with Gasteiger partial charge in [-0.15, -0.1) is 0 Å². The monoisotopic (exact) mass is 73.0 g/mol. The minimum atomic E-state index is 1.71. The van der Waals surface area contributed by atoms with Crippen molar-refractivity contribution in [2.75, 3.05) is 0 Å². The van der Waals surface area contributed by atoms with Gasteiger partial charge in [0.2, 0.25) is 0 Å². The van der Waals surface area contributed by atoms with E-state index in [-0.39, 0.29) is 0 Å². The van der Waals surface area contributed by atoms with Gasteiger partial charge in [0, 0.05) is 0 Å².